The minimum absolute atomic E-state index is 0.0231. The van der Waals surface area contributed by atoms with E-state index in [9.17, 15) is 0 Å². The van der Waals surface area contributed by atoms with E-state index in [2.05, 4.69) is 0 Å². The van der Waals surface area contributed by atoms with E-state index in [4.69, 9.17) is 37.8 Å². The molecular weight excluding hydrogens is 227 g/mol. The maximum absolute atomic E-state index is 8.88. The number of benzene rings is 1. The van der Waals surface area contributed by atoms with Gasteiger partial charge < -0.3 is 14.6 Å². The summed E-state index contributed by atoms with van der Waals surface area (Å²) in [6.45, 7) is 0. The van der Waals surface area contributed by atoms with Gasteiger partial charge in [0.25, 0.3) is 0 Å². The zero-order valence-electron chi connectivity index (χ0n) is 6.87. The normalized spacial score (nSPS) is 11.5. The van der Waals surface area contributed by atoms with Crippen LogP contribution >= 0.6 is 23.2 Å². The second-order valence-corrected chi connectivity index (χ2v) is 3.61. The Balaban J connectivity index is 2.75. The van der Waals surface area contributed by atoms with Crippen LogP contribution in [0.2, 0.25) is 10.0 Å². The van der Waals surface area contributed by atoms with Crippen molar-refractivity contribution in [1.82, 2.24) is 0 Å². The van der Waals surface area contributed by atoms with Gasteiger partial charge in [0.1, 0.15) is 0 Å². The third-order valence-electron chi connectivity index (χ3n) is 1.86. The van der Waals surface area contributed by atoms with Gasteiger partial charge in [0.05, 0.1) is 10.0 Å². The molecule has 0 saturated heterocycles. The molecule has 0 saturated carbocycles. The molecule has 1 aromatic carbocycles. The predicted molar refractivity (Wildman–Crippen MR) is 53.4 cm³/mol. The van der Waals surface area contributed by atoms with Crippen LogP contribution in [0.3, 0.4) is 0 Å². The van der Waals surface area contributed by atoms with Gasteiger partial charge in [-0.05, 0) is 18.2 Å². The van der Waals surface area contributed by atoms with Gasteiger partial charge in [-0.3, -0.25) is 0 Å². The molecular formula is C9H6Cl2O3. The maximum atomic E-state index is 8.88. The minimum Gasteiger partial charge on any atom is -0.454 e. The van der Waals surface area contributed by atoms with Gasteiger partial charge in [-0.2, -0.15) is 0 Å². The molecule has 14 heavy (non-hydrogen) atoms. The Morgan fingerprint density at radius 3 is 2.36 bits per heavy atom. The molecule has 0 bridgehead atoms. The lowest BCUT2D eigenvalue weighted by atomic mass is 10.2. The van der Waals surface area contributed by atoms with E-state index in [1.165, 1.54) is 6.07 Å². The molecule has 0 fully saturated rings. The Kier molecular flexibility index (Phi) is 2.41. The number of furan rings is 1. The van der Waals surface area contributed by atoms with Crippen molar-refractivity contribution in [2.75, 3.05) is 0 Å². The quantitative estimate of drug-likeness (QED) is 0.744. The Hall–Kier alpha value is -0.740. The number of hydrogen-bond donors (Lipinski definition) is 2. The van der Waals surface area contributed by atoms with Crippen molar-refractivity contribution < 1.29 is 14.6 Å². The molecule has 3 nitrogen and oxygen atoms in total. The fourth-order valence-electron chi connectivity index (χ4n) is 1.20. The molecule has 0 radical (unpaired) electrons. The van der Waals surface area contributed by atoms with E-state index >= 15 is 0 Å². The van der Waals surface area contributed by atoms with Crippen LogP contribution in [-0.2, 0) is 0 Å². The van der Waals surface area contributed by atoms with E-state index in [1.54, 1.807) is 12.1 Å². The van der Waals surface area contributed by atoms with Gasteiger partial charge in [-0.25, -0.2) is 0 Å². The van der Waals surface area contributed by atoms with E-state index in [0.29, 0.717) is 21.0 Å². The lowest BCUT2D eigenvalue weighted by molar-refractivity contribution is -0.0571. The van der Waals surface area contributed by atoms with Gasteiger partial charge in [0.2, 0.25) is 6.29 Å². The highest BCUT2D eigenvalue weighted by Gasteiger charge is 2.14. The predicted octanol–water partition coefficient (Wildman–Crippen LogP) is 2.72. The summed E-state index contributed by atoms with van der Waals surface area (Å²) in [6.07, 6.45) is -1.66. The molecule has 0 unspecified atom stereocenters. The Bertz CT molecular complexity index is 437. The fraction of sp³-hybridized carbons (Fsp3) is 0.111. The van der Waals surface area contributed by atoms with E-state index in [1.807, 2.05) is 0 Å². The molecule has 5 heteroatoms. The van der Waals surface area contributed by atoms with Crippen LogP contribution in [0.25, 0.3) is 11.0 Å². The SMILES string of the molecule is OC(O)c1cc2c(Cl)ccc(Cl)c2o1. The molecule has 74 valence electrons. The van der Waals surface area contributed by atoms with Crippen LogP contribution < -0.4 is 0 Å². The Morgan fingerprint density at radius 1 is 1.14 bits per heavy atom. The van der Waals surface area contributed by atoms with Gasteiger partial charge >= 0.3 is 0 Å². The Labute approximate surface area is 89.5 Å². The second-order valence-electron chi connectivity index (χ2n) is 2.79. The van der Waals surface area contributed by atoms with Gasteiger partial charge in [-0.15, -0.1) is 0 Å². The molecule has 2 N–H and O–H groups in total. The van der Waals surface area contributed by atoms with Crippen molar-refractivity contribution in [3.63, 3.8) is 0 Å². The summed E-state index contributed by atoms with van der Waals surface area (Å²) in [4.78, 5) is 0. The first-order valence-corrected chi connectivity index (χ1v) is 4.59. The summed E-state index contributed by atoms with van der Waals surface area (Å²) in [5.41, 5.74) is 0.363. The average molecular weight is 233 g/mol. The van der Waals surface area contributed by atoms with Gasteiger partial charge in [0, 0.05) is 5.39 Å². The first kappa shape index (κ1) is 9.80. The first-order chi connectivity index (χ1) is 6.59. The molecule has 0 aliphatic heterocycles. The highest BCUT2D eigenvalue weighted by atomic mass is 35.5. The summed E-state index contributed by atoms with van der Waals surface area (Å²) in [7, 11) is 0. The third kappa shape index (κ3) is 1.48. The lowest BCUT2D eigenvalue weighted by Gasteiger charge is -1.95. The molecule has 1 aromatic heterocycles. The van der Waals surface area contributed by atoms with Crippen LogP contribution in [0.1, 0.15) is 12.1 Å². The summed E-state index contributed by atoms with van der Waals surface area (Å²) in [5.74, 6) is 0.0231. The topological polar surface area (TPSA) is 53.6 Å². The molecule has 2 aromatic rings. The standard InChI is InChI=1S/C9H6Cl2O3/c10-5-1-2-6(11)8-4(5)3-7(14-8)9(12)13/h1-3,9,12-13H. The first-order valence-electron chi connectivity index (χ1n) is 3.83. The van der Waals surface area contributed by atoms with Crippen LogP contribution in [0, 0.1) is 0 Å². The van der Waals surface area contributed by atoms with E-state index in [0.717, 1.165) is 0 Å². The van der Waals surface area contributed by atoms with Crippen molar-refractivity contribution in [3.05, 3.63) is 34.0 Å². The fourth-order valence-corrected chi connectivity index (χ4v) is 1.61. The number of rotatable bonds is 1. The van der Waals surface area contributed by atoms with Crippen molar-refractivity contribution in [2.45, 2.75) is 6.29 Å². The van der Waals surface area contributed by atoms with E-state index in [-0.39, 0.29) is 5.76 Å². The highest BCUT2D eigenvalue weighted by molar-refractivity contribution is 6.39. The van der Waals surface area contributed by atoms with Crippen molar-refractivity contribution in [2.24, 2.45) is 0 Å². The molecule has 1 heterocycles. The minimum atomic E-state index is -1.66. The van der Waals surface area contributed by atoms with Crippen LogP contribution in [0.15, 0.2) is 22.6 Å². The smallest absolute Gasteiger partial charge is 0.212 e. The number of hydrogen-bond acceptors (Lipinski definition) is 3. The molecule has 0 aliphatic carbocycles. The second kappa shape index (κ2) is 3.44. The maximum Gasteiger partial charge on any atom is 0.212 e. The Morgan fingerprint density at radius 2 is 1.79 bits per heavy atom. The van der Waals surface area contributed by atoms with Gasteiger partial charge in [0.15, 0.2) is 11.3 Å². The summed E-state index contributed by atoms with van der Waals surface area (Å²) < 4.78 is 5.12. The van der Waals surface area contributed by atoms with Crippen LogP contribution in [-0.4, -0.2) is 10.2 Å². The van der Waals surface area contributed by atoms with Gasteiger partial charge in [-0.1, -0.05) is 23.2 Å². The monoisotopic (exact) mass is 232 g/mol. The average Bonchev–Trinajstić information content (AvgIpc) is 2.57. The van der Waals surface area contributed by atoms with Crippen LogP contribution in [0.4, 0.5) is 0 Å². The van der Waals surface area contributed by atoms with Crippen molar-refractivity contribution in [1.29, 1.82) is 0 Å². The number of aliphatic hydroxyl groups excluding tert-OH is 1. The number of halogens is 2. The van der Waals surface area contributed by atoms with Crippen molar-refractivity contribution in [3.8, 4) is 0 Å². The summed E-state index contributed by atoms with van der Waals surface area (Å²) >= 11 is 11.7. The highest BCUT2D eigenvalue weighted by Crippen LogP contribution is 2.33. The molecule has 0 spiro atoms. The zero-order valence-corrected chi connectivity index (χ0v) is 8.38. The number of fused-ring (bicyclic) bond motifs is 1. The molecule has 2 rings (SSSR count). The van der Waals surface area contributed by atoms with Crippen molar-refractivity contribution >= 4 is 34.2 Å². The third-order valence-corrected chi connectivity index (χ3v) is 2.48. The lowest BCUT2D eigenvalue weighted by Crippen LogP contribution is -1.90. The molecule has 0 atom stereocenters. The summed E-state index contributed by atoms with van der Waals surface area (Å²) in [5, 5.41) is 19.2. The summed E-state index contributed by atoms with van der Waals surface area (Å²) in [6, 6.07) is 4.66. The zero-order chi connectivity index (χ0) is 10.3. The number of aliphatic hydroxyl groups is 2. The van der Waals surface area contributed by atoms with E-state index < -0.39 is 6.29 Å². The largest absolute Gasteiger partial charge is 0.454 e. The molecule has 0 amide bonds. The molecule has 0 aliphatic rings. The van der Waals surface area contributed by atoms with Crippen LogP contribution in [0.5, 0.6) is 0 Å².